The molecule has 9 heteroatoms. The fraction of sp³-hybridized carbons (Fsp3) is 0.278. The highest BCUT2D eigenvalue weighted by atomic mass is 16.6. The first-order valence-electron chi connectivity index (χ1n) is 8.74. The number of nitrogens with one attached hydrogen (secondary N) is 2. The van der Waals surface area contributed by atoms with Gasteiger partial charge in [0.25, 0.3) is 0 Å². The van der Waals surface area contributed by atoms with Crippen LogP contribution in [0.2, 0.25) is 0 Å². The van der Waals surface area contributed by atoms with Crippen molar-refractivity contribution in [3.8, 4) is 0 Å². The second kappa shape index (κ2) is 7.40. The Balaban J connectivity index is 1.39. The zero-order chi connectivity index (χ0) is 18.6. The summed E-state index contributed by atoms with van der Waals surface area (Å²) in [6, 6.07) is 10.3. The summed E-state index contributed by atoms with van der Waals surface area (Å²) in [5, 5.41) is 21.5. The van der Waals surface area contributed by atoms with Crippen LogP contribution in [0.4, 0.5) is 17.5 Å². The number of anilines is 2. The number of benzene rings is 1. The molecule has 0 unspecified atom stereocenters. The summed E-state index contributed by atoms with van der Waals surface area (Å²) in [6.07, 6.45) is 6.94. The minimum atomic E-state index is -0.465. The van der Waals surface area contributed by atoms with Gasteiger partial charge in [-0.2, -0.15) is 10.1 Å². The average molecular weight is 365 g/mol. The molecular formula is C18H19N7O2. The van der Waals surface area contributed by atoms with Crippen molar-refractivity contribution in [2.45, 2.75) is 32.0 Å². The molecule has 27 heavy (non-hydrogen) atoms. The second-order valence-electron chi connectivity index (χ2n) is 6.48. The Labute approximate surface area is 155 Å². The highest BCUT2D eigenvalue weighted by molar-refractivity contribution is 5.58. The van der Waals surface area contributed by atoms with E-state index in [0.29, 0.717) is 12.5 Å². The molecule has 1 aliphatic rings. The van der Waals surface area contributed by atoms with Crippen molar-refractivity contribution in [2.75, 3.05) is 10.6 Å². The second-order valence-corrected chi connectivity index (χ2v) is 6.48. The summed E-state index contributed by atoms with van der Waals surface area (Å²) in [7, 11) is 0. The molecule has 2 aromatic heterocycles. The Morgan fingerprint density at radius 3 is 2.67 bits per heavy atom. The van der Waals surface area contributed by atoms with Crippen LogP contribution in [0.5, 0.6) is 0 Å². The third kappa shape index (κ3) is 4.38. The van der Waals surface area contributed by atoms with Gasteiger partial charge in [0.1, 0.15) is 6.20 Å². The molecule has 9 nitrogen and oxygen atoms in total. The van der Waals surface area contributed by atoms with Crippen LogP contribution in [0.25, 0.3) is 0 Å². The molecule has 1 fully saturated rings. The fourth-order valence-corrected chi connectivity index (χ4v) is 2.65. The van der Waals surface area contributed by atoms with Crippen LogP contribution < -0.4 is 10.6 Å². The van der Waals surface area contributed by atoms with Crippen molar-refractivity contribution >= 4 is 17.5 Å². The van der Waals surface area contributed by atoms with Crippen molar-refractivity contribution in [2.24, 2.45) is 0 Å². The Morgan fingerprint density at radius 1 is 1.22 bits per heavy atom. The van der Waals surface area contributed by atoms with E-state index in [-0.39, 0.29) is 17.5 Å². The first kappa shape index (κ1) is 17.0. The number of hydrogen-bond donors (Lipinski definition) is 2. The smallest absolute Gasteiger partial charge is 0.329 e. The van der Waals surface area contributed by atoms with Crippen molar-refractivity contribution < 1.29 is 4.92 Å². The van der Waals surface area contributed by atoms with Crippen LogP contribution in [0.3, 0.4) is 0 Å². The summed E-state index contributed by atoms with van der Waals surface area (Å²) in [6.45, 7) is 1.26. The lowest BCUT2D eigenvalue weighted by Gasteiger charge is -2.09. The molecule has 1 aliphatic carbocycles. The molecular weight excluding hydrogens is 346 g/mol. The molecule has 0 saturated heterocycles. The Kier molecular flexibility index (Phi) is 4.65. The van der Waals surface area contributed by atoms with E-state index >= 15 is 0 Å². The van der Waals surface area contributed by atoms with Gasteiger partial charge >= 0.3 is 5.69 Å². The molecule has 2 N–H and O–H groups in total. The minimum absolute atomic E-state index is 0.101. The maximum absolute atomic E-state index is 11.1. The molecule has 138 valence electrons. The summed E-state index contributed by atoms with van der Waals surface area (Å²) in [4.78, 5) is 19.0. The average Bonchev–Trinajstić information content (AvgIpc) is 3.33. The lowest BCUT2D eigenvalue weighted by molar-refractivity contribution is -0.384. The van der Waals surface area contributed by atoms with Crippen molar-refractivity contribution in [1.29, 1.82) is 0 Å². The van der Waals surface area contributed by atoms with Crippen LogP contribution >= 0.6 is 0 Å². The third-order valence-electron chi connectivity index (χ3n) is 4.26. The standard InChI is InChI=1S/C18H19N7O2/c26-25(27)16-11-20-18(23-17(16)22-15-6-7-15)19-10-13-2-4-14(5-3-13)12-24-9-1-8-21-24/h1-5,8-9,11,15H,6-7,10,12H2,(H2,19,20,22,23). The first-order chi connectivity index (χ1) is 13.2. The highest BCUT2D eigenvalue weighted by Gasteiger charge is 2.26. The molecule has 0 radical (unpaired) electrons. The van der Waals surface area contributed by atoms with Crippen LogP contribution in [0.15, 0.2) is 48.9 Å². The van der Waals surface area contributed by atoms with Gasteiger partial charge in [0.2, 0.25) is 11.8 Å². The van der Waals surface area contributed by atoms with E-state index in [1.165, 1.54) is 6.20 Å². The SMILES string of the molecule is O=[N+]([O-])c1cnc(NCc2ccc(Cn3cccn3)cc2)nc1NC1CC1. The quantitative estimate of drug-likeness (QED) is 0.466. The van der Waals surface area contributed by atoms with E-state index in [4.69, 9.17) is 0 Å². The lowest BCUT2D eigenvalue weighted by Crippen LogP contribution is -2.10. The summed E-state index contributed by atoms with van der Waals surface area (Å²) in [5.74, 6) is 0.638. The van der Waals surface area contributed by atoms with Crippen molar-refractivity contribution in [3.05, 3.63) is 70.2 Å². The summed E-state index contributed by atoms with van der Waals surface area (Å²) < 4.78 is 1.87. The molecule has 1 saturated carbocycles. The van der Waals surface area contributed by atoms with Gasteiger partial charge in [-0.1, -0.05) is 24.3 Å². The van der Waals surface area contributed by atoms with Gasteiger partial charge in [0, 0.05) is 25.0 Å². The predicted octanol–water partition coefficient (Wildman–Crippen LogP) is 2.82. The molecule has 4 rings (SSSR count). The monoisotopic (exact) mass is 365 g/mol. The number of nitrogens with zero attached hydrogens (tertiary/aromatic N) is 5. The van der Waals surface area contributed by atoms with E-state index in [0.717, 1.165) is 30.5 Å². The van der Waals surface area contributed by atoms with E-state index in [2.05, 4.69) is 37.8 Å². The predicted molar refractivity (Wildman–Crippen MR) is 100 cm³/mol. The third-order valence-corrected chi connectivity index (χ3v) is 4.26. The number of rotatable bonds is 8. The van der Waals surface area contributed by atoms with Crippen molar-refractivity contribution in [3.63, 3.8) is 0 Å². The van der Waals surface area contributed by atoms with Crippen LogP contribution in [-0.4, -0.2) is 30.7 Å². The first-order valence-corrected chi connectivity index (χ1v) is 8.74. The number of hydrogen-bond acceptors (Lipinski definition) is 7. The molecule has 0 atom stereocenters. The molecule has 0 spiro atoms. The maximum Gasteiger partial charge on any atom is 0.329 e. The lowest BCUT2D eigenvalue weighted by atomic mass is 10.1. The van der Waals surface area contributed by atoms with Gasteiger partial charge < -0.3 is 10.6 Å². The zero-order valence-corrected chi connectivity index (χ0v) is 14.6. The topological polar surface area (TPSA) is 111 Å². The molecule has 1 aromatic carbocycles. The fourth-order valence-electron chi connectivity index (χ4n) is 2.65. The van der Waals surface area contributed by atoms with Crippen molar-refractivity contribution in [1.82, 2.24) is 19.7 Å². The molecule has 2 heterocycles. The van der Waals surface area contributed by atoms with Gasteiger partial charge in [-0.25, -0.2) is 4.98 Å². The largest absolute Gasteiger partial charge is 0.361 e. The minimum Gasteiger partial charge on any atom is -0.361 e. The molecule has 0 aliphatic heterocycles. The Morgan fingerprint density at radius 2 is 2.00 bits per heavy atom. The van der Waals surface area contributed by atoms with E-state index in [1.54, 1.807) is 6.20 Å². The summed E-state index contributed by atoms with van der Waals surface area (Å²) >= 11 is 0. The molecule has 3 aromatic rings. The number of nitro groups is 1. The summed E-state index contributed by atoms with van der Waals surface area (Å²) in [5.41, 5.74) is 2.12. The molecule has 0 amide bonds. The van der Waals surface area contributed by atoms with E-state index < -0.39 is 4.92 Å². The number of aromatic nitrogens is 4. The Hall–Kier alpha value is -3.49. The van der Waals surface area contributed by atoms with Crippen LogP contribution in [0, 0.1) is 10.1 Å². The van der Waals surface area contributed by atoms with E-state index in [9.17, 15) is 10.1 Å². The zero-order valence-electron chi connectivity index (χ0n) is 14.6. The van der Waals surface area contributed by atoms with Crippen LogP contribution in [0.1, 0.15) is 24.0 Å². The van der Waals surface area contributed by atoms with Gasteiger partial charge in [0.05, 0.1) is 11.5 Å². The highest BCUT2D eigenvalue weighted by Crippen LogP contribution is 2.29. The van der Waals surface area contributed by atoms with E-state index in [1.807, 2.05) is 29.1 Å². The van der Waals surface area contributed by atoms with Gasteiger partial charge in [-0.05, 0) is 30.0 Å². The van der Waals surface area contributed by atoms with Gasteiger partial charge in [-0.3, -0.25) is 14.8 Å². The van der Waals surface area contributed by atoms with Crippen LogP contribution in [-0.2, 0) is 13.1 Å². The maximum atomic E-state index is 11.1. The Bertz CT molecular complexity index is 921. The van der Waals surface area contributed by atoms with Gasteiger partial charge in [0.15, 0.2) is 0 Å². The van der Waals surface area contributed by atoms with Gasteiger partial charge in [-0.15, -0.1) is 0 Å². The normalized spacial score (nSPS) is 13.3. The molecule has 0 bridgehead atoms.